The van der Waals surface area contributed by atoms with Crippen LogP contribution in [0.15, 0.2) is 18.2 Å². The number of hydrogen-bond donors (Lipinski definition) is 0. The van der Waals surface area contributed by atoms with Crippen molar-refractivity contribution < 1.29 is 4.92 Å². The number of hydrogen-bond acceptors (Lipinski definition) is 4. The molecule has 0 amide bonds. The Morgan fingerprint density at radius 1 is 1.42 bits per heavy atom. The number of non-ortho nitro benzene ring substituents is 1. The van der Waals surface area contributed by atoms with Crippen LogP contribution in [0.1, 0.15) is 31.7 Å². The van der Waals surface area contributed by atoms with Gasteiger partial charge in [-0.1, -0.05) is 6.92 Å². The molecular formula is C14H17N3O2. The third kappa shape index (κ3) is 3.02. The van der Waals surface area contributed by atoms with Crippen LogP contribution in [0.2, 0.25) is 0 Å². The Morgan fingerprint density at radius 3 is 2.89 bits per heavy atom. The molecule has 0 aliphatic carbocycles. The highest BCUT2D eigenvalue weighted by molar-refractivity contribution is 5.63. The van der Waals surface area contributed by atoms with Gasteiger partial charge >= 0.3 is 0 Å². The number of rotatable bonds is 2. The van der Waals surface area contributed by atoms with Crippen LogP contribution in [-0.2, 0) is 0 Å². The number of nitrogens with zero attached hydrogens (tertiary/aromatic N) is 3. The Hall–Kier alpha value is -2.09. The molecule has 1 fully saturated rings. The molecule has 5 nitrogen and oxygen atoms in total. The van der Waals surface area contributed by atoms with Crippen molar-refractivity contribution in [3.8, 4) is 6.07 Å². The monoisotopic (exact) mass is 259 g/mol. The number of nitriles is 1. The van der Waals surface area contributed by atoms with Crippen molar-refractivity contribution in [2.24, 2.45) is 5.92 Å². The van der Waals surface area contributed by atoms with Gasteiger partial charge in [0.1, 0.15) is 6.07 Å². The van der Waals surface area contributed by atoms with E-state index in [4.69, 9.17) is 0 Å². The smallest absolute Gasteiger partial charge is 0.270 e. The summed E-state index contributed by atoms with van der Waals surface area (Å²) in [6, 6.07) is 6.62. The molecule has 1 aromatic carbocycles. The predicted molar refractivity (Wildman–Crippen MR) is 73.0 cm³/mol. The van der Waals surface area contributed by atoms with Gasteiger partial charge in [0.05, 0.1) is 16.2 Å². The van der Waals surface area contributed by atoms with E-state index in [0.29, 0.717) is 11.5 Å². The maximum atomic E-state index is 10.7. The summed E-state index contributed by atoms with van der Waals surface area (Å²) in [5.41, 5.74) is 1.19. The summed E-state index contributed by atoms with van der Waals surface area (Å²) in [7, 11) is 0. The van der Waals surface area contributed by atoms with E-state index in [-0.39, 0.29) is 5.69 Å². The molecule has 19 heavy (non-hydrogen) atoms. The third-order valence-electron chi connectivity index (χ3n) is 3.67. The molecule has 1 unspecified atom stereocenters. The summed E-state index contributed by atoms with van der Waals surface area (Å²) in [4.78, 5) is 12.4. The first-order valence-corrected chi connectivity index (χ1v) is 6.55. The van der Waals surface area contributed by atoms with Crippen molar-refractivity contribution in [1.82, 2.24) is 0 Å². The van der Waals surface area contributed by atoms with Gasteiger partial charge in [-0.05, 0) is 31.2 Å². The van der Waals surface area contributed by atoms with Gasteiger partial charge in [0, 0.05) is 25.2 Å². The van der Waals surface area contributed by atoms with Crippen molar-refractivity contribution >= 4 is 11.4 Å². The average Bonchev–Trinajstić information content (AvgIpc) is 2.62. The van der Waals surface area contributed by atoms with E-state index in [2.05, 4.69) is 17.9 Å². The first-order chi connectivity index (χ1) is 9.11. The zero-order chi connectivity index (χ0) is 13.8. The second-order valence-electron chi connectivity index (χ2n) is 5.09. The molecule has 1 aliphatic rings. The number of nitro benzene ring substituents is 1. The molecule has 1 heterocycles. The minimum absolute atomic E-state index is 0.0245. The van der Waals surface area contributed by atoms with E-state index in [9.17, 15) is 15.4 Å². The van der Waals surface area contributed by atoms with Gasteiger partial charge in [0.15, 0.2) is 0 Å². The van der Waals surface area contributed by atoms with Gasteiger partial charge in [-0.2, -0.15) is 5.26 Å². The van der Waals surface area contributed by atoms with E-state index in [0.717, 1.165) is 31.6 Å². The molecule has 0 saturated carbocycles. The number of benzene rings is 1. The lowest BCUT2D eigenvalue weighted by Gasteiger charge is -2.23. The quantitative estimate of drug-likeness (QED) is 0.604. The zero-order valence-corrected chi connectivity index (χ0v) is 11.0. The molecule has 5 heteroatoms. The first-order valence-electron chi connectivity index (χ1n) is 6.55. The summed E-state index contributed by atoms with van der Waals surface area (Å²) >= 11 is 0. The Labute approximate surface area is 112 Å². The minimum Gasteiger partial charge on any atom is -0.370 e. The Bertz CT molecular complexity index is 522. The summed E-state index contributed by atoms with van der Waals surface area (Å²) in [6.07, 6.45) is 3.40. The molecular weight excluding hydrogens is 242 g/mol. The molecule has 1 aliphatic heterocycles. The van der Waals surface area contributed by atoms with E-state index in [1.807, 2.05) is 0 Å². The molecule has 1 atom stereocenters. The van der Waals surface area contributed by atoms with Crippen LogP contribution in [0.3, 0.4) is 0 Å². The topological polar surface area (TPSA) is 70.2 Å². The van der Waals surface area contributed by atoms with Crippen LogP contribution in [0.25, 0.3) is 0 Å². The Balaban J connectivity index is 2.29. The maximum Gasteiger partial charge on any atom is 0.270 e. The molecule has 1 saturated heterocycles. The first kappa shape index (κ1) is 13.3. The number of nitro groups is 1. The van der Waals surface area contributed by atoms with Crippen LogP contribution in [-0.4, -0.2) is 18.0 Å². The predicted octanol–water partition coefficient (Wildman–Crippen LogP) is 3.09. The fourth-order valence-electron chi connectivity index (χ4n) is 2.51. The van der Waals surface area contributed by atoms with Gasteiger partial charge in [-0.3, -0.25) is 10.1 Å². The molecule has 0 N–H and O–H groups in total. The number of anilines is 1. The van der Waals surface area contributed by atoms with Gasteiger partial charge in [0.25, 0.3) is 5.69 Å². The lowest BCUT2D eigenvalue weighted by Crippen LogP contribution is -2.25. The summed E-state index contributed by atoms with van der Waals surface area (Å²) < 4.78 is 0. The molecule has 0 aromatic heterocycles. The van der Waals surface area contributed by atoms with Crippen molar-refractivity contribution in [2.75, 3.05) is 18.0 Å². The average molecular weight is 259 g/mol. The minimum atomic E-state index is -0.463. The summed E-state index contributed by atoms with van der Waals surface area (Å²) in [5.74, 6) is 0.702. The standard InChI is InChI=1S/C14H17N3O2/c1-11-3-2-7-16(8-6-11)14-5-4-13(17(18)19)9-12(14)10-15/h4-5,9,11H,2-3,6-8H2,1H3. The fourth-order valence-corrected chi connectivity index (χ4v) is 2.51. The van der Waals surface area contributed by atoms with E-state index in [1.54, 1.807) is 6.07 Å². The molecule has 0 spiro atoms. The fraction of sp³-hybridized carbons (Fsp3) is 0.500. The van der Waals surface area contributed by atoms with E-state index < -0.39 is 4.92 Å². The normalized spacial score (nSPS) is 19.6. The van der Waals surface area contributed by atoms with Crippen molar-refractivity contribution in [1.29, 1.82) is 5.26 Å². The van der Waals surface area contributed by atoms with Crippen LogP contribution in [0.5, 0.6) is 0 Å². The van der Waals surface area contributed by atoms with Gasteiger partial charge in [0.2, 0.25) is 0 Å². The Kier molecular flexibility index (Phi) is 4.00. The zero-order valence-electron chi connectivity index (χ0n) is 11.0. The van der Waals surface area contributed by atoms with Crippen LogP contribution in [0, 0.1) is 27.4 Å². The molecule has 100 valence electrons. The molecule has 2 rings (SSSR count). The van der Waals surface area contributed by atoms with Crippen LogP contribution in [0.4, 0.5) is 11.4 Å². The second kappa shape index (κ2) is 5.70. The van der Waals surface area contributed by atoms with Gasteiger partial charge in [-0.15, -0.1) is 0 Å². The van der Waals surface area contributed by atoms with Crippen molar-refractivity contribution in [3.05, 3.63) is 33.9 Å². The van der Waals surface area contributed by atoms with E-state index in [1.165, 1.54) is 18.6 Å². The highest BCUT2D eigenvalue weighted by atomic mass is 16.6. The largest absolute Gasteiger partial charge is 0.370 e. The summed E-state index contributed by atoms with van der Waals surface area (Å²) in [6.45, 7) is 4.06. The summed E-state index contributed by atoms with van der Waals surface area (Å²) in [5, 5.41) is 19.9. The van der Waals surface area contributed by atoms with Gasteiger partial charge < -0.3 is 4.90 Å². The SMILES string of the molecule is CC1CCCN(c2ccc([N+](=O)[O-])cc2C#N)CC1. The molecule has 0 radical (unpaired) electrons. The lowest BCUT2D eigenvalue weighted by atomic mass is 10.0. The van der Waals surface area contributed by atoms with Gasteiger partial charge in [-0.25, -0.2) is 0 Å². The van der Waals surface area contributed by atoms with Crippen molar-refractivity contribution in [2.45, 2.75) is 26.2 Å². The van der Waals surface area contributed by atoms with Crippen LogP contribution >= 0.6 is 0 Å². The lowest BCUT2D eigenvalue weighted by molar-refractivity contribution is -0.384. The third-order valence-corrected chi connectivity index (χ3v) is 3.67. The highest BCUT2D eigenvalue weighted by Gasteiger charge is 2.18. The highest BCUT2D eigenvalue weighted by Crippen LogP contribution is 2.28. The van der Waals surface area contributed by atoms with Crippen molar-refractivity contribution in [3.63, 3.8) is 0 Å². The second-order valence-corrected chi connectivity index (χ2v) is 5.09. The molecule has 0 bridgehead atoms. The maximum absolute atomic E-state index is 10.7. The van der Waals surface area contributed by atoms with E-state index >= 15 is 0 Å². The molecule has 1 aromatic rings. The Morgan fingerprint density at radius 2 is 2.21 bits per heavy atom. The van der Waals surface area contributed by atoms with Crippen LogP contribution < -0.4 is 4.90 Å².